The first-order chi connectivity index (χ1) is 14.2. The fraction of sp³-hybridized carbons (Fsp3) is 0.333. The van der Waals surface area contributed by atoms with Crippen LogP contribution in [0.4, 0.5) is 4.79 Å². The van der Waals surface area contributed by atoms with E-state index < -0.39 is 6.09 Å². The lowest BCUT2D eigenvalue weighted by atomic mass is 10.1. The van der Waals surface area contributed by atoms with Gasteiger partial charge in [0.25, 0.3) is 0 Å². The van der Waals surface area contributed by atoms with Gasteiger partial charge >= 0.3 is 6.09 Å². The van der Waals surface area contributed by atoms with Gasteiger partial charge in [0.1, 0.15) is 12.4 Å². The molecule has 1 amide bonds. The van der Waals surface area contributed by atoms with Gasteiger partial charge in [-0.3, -0.25) is 0 Å². The molecule has 0 saturated heterocycles. The molecular weight excluding hydrogens is 376 g/mol. The van der Waals surface area contributed by atoms with E-state index in [0.29, 0.717) is 44.7 Å². The molecule has 1 aromatic carbocycles. The fourth-order valence-corrected chi connectivity index (χ4v) is 2.16. The molecule has 0 fully saturated rings. The molecule has 0 saturated carbocycles. The third-order valence-electron chi connectivity index (χ3n) is 3.61. The number of nitrogens with one attached hydrogen (secondary N) is 1. The summed E-state index contributed by atoms with van der Waals surface area (Å²) in [5.74, 6) is 1.00. The van der Waals surface area contributed by atoms with Crippen LogP contribution in [0.2, 0.25) is 0 Å². The van der Waals surface area contributed by atoms with Crippen molar-refractivity contribution in [2.75, 3.05) is 46.7 Å². The smallest absolute Gasteiger partial charge is 0.412 e. The van der Waals surface area contributed by atoms with E-state index in [1.54, 1.807) is 24.4 Å². The number of hydrogen-bond donors (Lipinski definition) is 2. The molecule has 0 atom stereocenters. The molecule has 1 heterocycles. The lowest BCUT2D eigenvalue weighted by Crippen LogP contribution is -2.21. The van der Waals surface area contributed by atoms with Crippen molar-refractivity contribution in [3.8, 4) is 11.6 Å². The van der Waals surface area contributed by atoms with Crippen LogP contribution in [0.1, 0.15) is 11.1 Å². The third-order valence-corrected chi connectivity index (χ3v) is 3.61. The number of carbonyl (C=O) groups excluding carboxylic acids is 1. The molecule has 29 heavy (non-hydrogen) atoms. The highest BCUT2D eigenvalue weighted by atomic mass is 16.6. The number of benzene rings is 1. The Kier molecular flexibility index (Phi) is 10.2. The lowest BCUT2D eigenvalue weighted by Gasteiger charge is -2.07. The van der Waals surface area contributed by atoms with Crippen molar-refractivity contribution in [2.24, 2.45) is 0 Å². The first kappa shape index (κ1) is 22.4. The van der Waals surface area contributed by atoms with E-state index in [4.69, 9.17) is 24.1 Å². The Bertz CT molecular complexity index is 747. The molecule has 8 nitrogen and oxygen atoms in total. The summed E-state index contributed by atoms with van der Waals surface area (Å²) >= 11 is 0. The minimum absolute atomic E-state index is 0.0142. The molecule has 0 radical (unpaired) electrons. The number of aromatic nitrogens is 1. The molecule has 0 aliphatic rings. The highest BCUT2D eigenvalue weighted by Crippen LogP contribution is 2.15. The Morgan fingerprint density at radius 2 is 1.62 bits per heavy atom. The second-order valence-corrected chi connectivity index (χ2v) is 5.77. The first-order valence-electron chi connectivity index (χ1n) is 9.24. The van der Waals surface area contributed by atoms with Gasteiger partial charge in [-0.2, -0.15) is 0 Å². The average Bonchev–Trinajstić information content (AvgIpc) is 2.76. The van der Waals surface area contributed by atoms with Gasteiger partial charge in [-0.05, 0) is 29.3 Å². The van der Waals surface area contributed by atoms with Crippen molar-refractivity contribution in [3.63, 3.8) is 0 Å². The second-order valence-electron chi connectivity index (χ2n) is 5.77. The number of carbonyl (C=O) groups is 1. The highest BCUT2D eigenvalue weighted by Gasteiger charge is 2.00. The monoisotopic (exact) mass is 402 g/mol. The zero-order chi connectivity index (χ0) is 20.7. The summed E-state index contributed by atoms with van der Waals surface area (Å²) in [5, 5.41) is 11.0. The van der Waals surface area contributed by atoms with Crippen LogP contribution < -0.4 is 14.8 Å². The van der Waals surface area contributed by atoms with Crippen molar-refractivity contribution >= 4 is 18.2 Å². The number of rotatable bonds is 12. The van der Waals surface area contributed by atoms with E-state index in [1.165, 1.54) is 7.05 Å². The predicted molar refractivity (Wildman–Crippen MR) is 109 cm³/mol. The van der Waals surface area contributed by atoms with Gasteiger partial charge in [0.05, 0.1) is 33.0 Å². The van der Waals surface area contributed by atoms with Crippen molar-refractivity contribution in [3.05, 3.63) is 53.7 Å². The molecule has 0 aliphatic heterocycles. The van der Waals surface area contributed by atoms with Gasteiger partial charge in [-0.15, -0.1) is 0 Å². The Balaban J connectivity index is 1.71. The van der Waals surface area contributed by atoms with Gasteiger partial charge in [-0.25, -0.2) is 9.78 Å². The number of amides is 1. The topological polar surface area (TPSA) is 99.1 Å². The highest BCUT2D eigenvalue weighted by molar-refractivity contribution is 5.71. The van der Waals surface area contributed by atoms with Gasteiger partial charge in [0, 0.05) is 19.3 Å². The molecule has 2 rings (SSSR count). The van der Waals surface area contributed by atoms with Crippen LogP contribution in [0.15, 0.2) is 42.6 Å². The number of nitrogens with zero attached hydrogens (tertiary/aromatic N) is 1. The van der Waals surface area contributed by atoms with E-state index in [2.05, 4.69) is 10.3 Å². The Labute approximate surface area is 170 Å². The quantitative estimate of drug-likeness (QED) is 0.526. The number of pyridine rings is 1. The summed E-state index contributed by atoms with van der Waals surface area (Å²) in [6.45, 7) is 2.07. The Morgan fingerprint density at radius 1 is 0.966 bits per heavy atom. The molecule has 0 bridgehead atoms. The average molecular weight is 402 g/mol. The van der Waals surface area contributed by atoms with Crippen LogP contribution in [-0.4, -0.2) is 62.9 Å². The standard InChI is InChI=1S/C21H26N2O6/c1-22-21(25)29-19-7-4-17(5-8-19)2-3-18-6-9-20(23-16-18)28-15-14-27-13-12-26-11-10-24/h2-9,16,24H,10-15H2,1H3,(H,22,25). The van der Waals surface area contributed by atoms with E-state index in [1.807, 2.05) is 30.4 Å². The van der Waals surface area contributed by atoms with E-state index >= 15 is 0 Å². The van der Waals surface area contributed by atoms with Crippen molar-refractivity contribution in [1.29, 1.82) is 0 Å². The van der Waals surface area contributed by atoms with Crippen molar-refractivity contribution in [1.82, 2.24) is 10.3 Å². The summed E-state index contributed by atoms with van der Waals surface area (Å²) in [6.07, 6.45) is 5.09. The largest absolute Gasteiger partial charge is 0.475 e. The molecule has 2 aromatic rings. The Hall–Kier alpha value is -2.94. The SMILES string of the molecule is CNC(=O)Oc1ccc(C=Cc2ccc(OCCOCCOCCO)nc2)cc1. The second kappa shape index (κ2) is 13.3. The normalized spacial score (nSPS) is 10.8. The summed E-state index contributed by atoms with van der Waals surface area (Å²) in [5.41, 5.74) is 1.90. The first-order valence-corrected chi connectivity index (χ1v) is 9.24. The third kappa shape index (κ3) is 9.20. The minimum atomic E-state index is -0.500. The number of ether oxygens (including phenoxy) is 4. The van der Waals surface area contributed by atoms with Crippen LogP contribution in [0.3, 0.4) is 0 Å². The lowest BCUT2D eigenvalue weighted by molar-refractivity contribution is 0.0243. The molecule has 2 N–H and O–H groups in total. The molecule has 8 heteroatoms. The summed E-state index contributed by atoms with van der Waals surface area (Å²) < 4.78 is 21.0. The zero-order valence-corrected chi connectivity index (χ0v) is 16.4. The number of aliphatic hydroxyl groups is 1. The zero-order valence-electron chi connectivity index (χ0n) is 16.4. The number of hydrogen-bond acceptors (Lipinski definition) is 7. The van der Waals surface area contributed by atoms with Gasteiger partial charge in [0.2, 0.25) is 5.88 Å². The van der Waals surface area contributed by atoms with Gasteiger partial charge in [0.15, 0.2) is 0 Å². The predicted octanol–water partition coefficient (Wildman–Crippen LogP) is 2.37. The molecule has 0 unspecified atom stereocenters. The van der Waals surface area contributed by atoms with E-state index in [0.717, 1.165) is 11.1 Å². The van der Waals surface area contributed by atoms with Crippen molar-refractivity contribution in [2.45, 2.75) is 0 Å². The maximum absolute atomic E-state index is 11.2. The van der Waals surface area contributed by atoms with E-state index in [9.17, 15) is 4.79 Å². The van der Waals surface area contributed by atoms with E-state index in [-0.39, 0.29) is 6.61 Å². The fourth-order valence-electron chi connectivity index (χ4n) is 2.16. The van der Waals surface area contributed by atoms with Crippen molar-refractivity contribution < 1.29 is 28.8 Å². The molecule has 0 spiro atoms. The molecule has 156 valence electrons. The molecule has 0 aliphatic carbocycles. The summed E-state index contributed by atoms with van der Waals surface area (Å²) in [6, 6.07) is 10.9. The van der Waals surface area contributed by atoms with Crippen LogP contribution in [0.25, 0.3) is 12.2 Å². The minimum Gasteiger partial charge on any atom is -0.475 e. The van der Waals surface area contributed by atoms with Crippen LogP contribution in [0, 0.1) is 0 Å². The summed E-state index contributed by atoms with van der Waals surface area (Å²) in [7, 11) is 1.51. The van der Waals surface area contributed by atoms with Crippen LogP contribution in [-0.2, 0) is 9.47 Å². The van der Waals surface area contributed by atoms with Crippen LogP contribution in [0.5, 0.6) is 11.6 Å². The van der Waals surface area contributed by atoms with Crippen LogP contribution >= 0.6 is 0 Å². The van der Waals surface area contributed by atoms with Gasteiger partial charge < -0.3 is 29.4 Å². The maximum atomic E-state index is 11.2. The number of aliphatic hydroxyl groups excluding tert-OH is 1. The Morgan fingerprint density at radius 3 is 2.28 bits per heavy atom. The molecule has 1 aromatic heterocycles. The molecular formula is C21H26N2O6. The maximum Gasteiger partial charge on any atom is 0.412 e. The summed E-state index contributed by atoms with van der Waals surface area (Å²) in [4.78, 5) is 15.4. The van der Waals surface area contributed by atoms with Gasteiger partial charge in [-0.1, -0.05) is 24.3 Å².